The summed E-state index contributed by atoms with van der Waals surface area (Å²) in [5, 5.41) is 2.74. The van der Waals surface area contributed by atoms with Gasteiger partial charge >= 0.3 is 0 Å². The number of benzene rings is 1. The Morgan fingerprint density at radius 1 is 1.35 bits per heavy atom. The summed E-state index contributed by atoms with van der Waals surface area (Å²) in [7, 11) is 0. The highest BCUT2D eigenvalue weighted by Crippen LogP contribution is 2.38. The lowest BCUT2D eigenvalue weighted by molar-refractivity contribution is -0.140. The summed E-state index contributed by atoms with van der Waals surface area (Å²) in [6.45, 7) is 6.20. The van der Waals surface area contributed by atoms with Crippen LogP contribution in [0.25, 0.3) is 0 Å². The molecule has 0 radical (unpaired) electrons. The van der Waals surface area contributed by atoms with Gasteiger partial charge in [-0.25, -0.2) is 0 Å². The van der Waals surface area contributed by atoms with Gasteiger partial charge in [0, 0.05) is 29.9 Å². The zero-order chi connectivity index (χ0) is 18.7. The zero-order valence-electron chi connectivity index (χ0n) is 14.7. The second-order valence-corrected chi connectivity index (χ2v) is 7.72. The molecule has 0 aliphatic carbocycles. The van der Waals surface area contributed by atoms with Gasteiger partial charge in [-0.15, -0.1) is 17.9 Å². The number of nitrogens with zero attached hydrogens (tertiary/aromatic N) is 2. The molecule has 3 rings (SSSR count). The fourth-order valence-corrected chi connectivity index (χ4v) is 4.33. The molecule has 1 aromatic carbocycles. The first-order valence-electron chi connectivity index (χ1n) is 8.49. The maximum atomic E-state index is 13.0. The lowest BCUT2D eigenvalue weighted by atomic mass is 9.93. The van der Waals surface area contributed by atoms with E-state index in [0.29, 0.717) is 18.1 Å². The van der Waals surface area contributed by atoms with E-state index in [9.17, 15) is 9.59 Å². The van der Waals surface area contributed by atoms with Gasteiger partial charge < -0.3 is 9.80 Å². The van der Waals surface area contributed by atoms with Crippen LogP contribution in [0.4, 0.5) is 0 Å². The van der Waals surface area contributed by atoms with E-state index in [-0.39, 0.29) is 24.4 Å². The molecule has 1 unspecified atom stereocenters. The molecule has 0 fully saturated rings. The number of thiophene rings is 1. The largest absolute Gasteiger partial charge is 0.330 e. The van der Waals surface area contributed by atoms with Crippen molar-refractivity contribution in [1.82, 2.24) is 9.80 Å². The van der Waals surface area contributed by atoms with Crippen LogP contribution in [0.15, 0.2) is 48.4 Å². The summed E-state index contributed by atoms with van der Waals surface area (Å²) < 4.78 is 0. The van der Waals surface area contributed by atoms with Crippen LogP contribution in [-0.4, -0.2) is 41.2 Å². The number of carbonyl (C=O) groups is 2. The van der Waals surface area contributed by atoms with E-state index >= 15 is 0 Å². The molecule has 4 nitrogen and oxygen atoms in total. The Morgan fingerprint density at radius 3 is 2.73 bits per heavy atom. The van der Waals surface area contributed by atoms with E-state index in [2.05, 4.69) is 18.0 Å². The predicted octanol–water partition coefficient (Wildman–Crippen LogP) is 3.91. The van der Waals surface area contributed by atoms with E-state index in [1.165, 1.54) is 16.7 Å². The quantitative estimate of drug-likeness (QED) is 0.728. The number of fused-ring (bicyclic) bond motifs is 1. The van der Waals surface area contributed by atoms with Gasteiger partial charge in [0.2, 0.25) is 11.8 Å². The lowest BCUT2D eigenvalue weighted by Crippen LogP contribution is -2.46. The van der Waals surface area contributed by atoms with Gasteiger partial charge in [-0.3, -0.25) is 9.59 Å². The Labute approximate surface area is 162 Å². The summed E-state index contributed by atoms with van der Waals surface area (Å²) in [5.74, 6) is -0.187. The van der Waals surface area contributed by atoms with Crippen LogP contribution in [0.5, 0.6) is 0 Å². The molecule has 0 saturated carbocycles. The van der Waals surface area contributed by atoms with Crippen LogP contribution >= 0.6 is 22.9 Å². The highest BCUT2D eigenvalue weighted by molar-refractivity contribution is 7.10. The highest BCUT2D eigenvalue weighted by Gasteiger charge is 2.33. The predicted molar refractivity (Wildman–Crippen MR) is 105 cm³/mol. The van der Waals surface area contributed by atoms with Crippen LogP contribution in [0.2, 0.25) is 5.02 Å². The van der Waals surface area contributed by atoms with Crippen molar-refractivity contribution in [1.29, 1.82) is 0 Å². The third-order valence-corrected chi connectivity index (χ3v) is 5.84. The van der Waals surface area contributed by atoms with Crippen molar-refractivity contribution < 1.29 is 9.59 Å². The molecule has 0 saturated heterocycles. The Kier molecular flexibility index (Phi) is 5.79. The van der Waals surface area contributed by atoms with Gasteiger partial charge in [-0.1, -0.05) is 29.8 Å². The number of hydrogen-bond donors (Lipinski definition) is 0. The van der Waals surface area contributed by atoms with Gasteiger partial charge in [-0.2, -0.15) is 0 Å². The molecule has 26 heavy (non-hydrogen) atoms. The fraction of sp³-hybridized carbons (Fsp3) is 0.300. The molecule has 2 aromatic rings. The molecule has 2 heterocycles. The van der Waals surface area contributed by atoms with Crippen LogP contribution in [-0.2, 0) is 16.0 Å². The number of hydrogen-bond acceptors (Lipinski definition) is 3. The van der Waals surface area contributed by atoms with Gasteiger partial charge in [0.05, 0.1) is 6.04 Å². The number of carbonyl (C=O) groups excluding carboxylic acids is 2. The SMILES string of the molecule is C=CCN(CC(=O)N1CCc2sccc2C1c1ccc(Cl)cc1)C(C)=O. The van der Waals surface area contributed by atoms with Gasteiger partial charge in [0.1, 0.15) is 6.54 Å². The molecular weight excluding hydrogens is 368 g/mol. The minimum atomic E-state index is -0.146. The second kappa shape index (κ2) is 8.06. The van der Waals surface area contributed by atoms with E-state index in [1.807, 2.05) is 29.2 Å². The van der Waals surface area contributed by atoms with Gasteiger partial charge in [0.15, 0.2) is 0 Å². The maximum Gasteiger partial charge on any atom is 0.243 e. The van der Waals surface area contributed by atoms with E-state index in [1.54, 1.807) is 17.4 Å². The Morgan fingerprint density at radius 2 is 2.08 bits per heavy atom. The molecule has 0 bridgehead atoms. The minimum absolute atomic E-state index is 0.0566. The van der Waals surface area contributed by atoms with Gasteiger partial charge in [0.25, 0.3) is 0 Å². The van der Waals surface area contributed by atoms with Crippen molar-refractivity contribution >= 4 is 34.8 Å². The fourth-order valence-electron chi connectivity index (χ4n) is 3.30. The van der Waals surface area contributed by atoms with E-state index < -0.39 is 0 Å². The number of amides is 2. The molecule has 1 aromatic heterocycles. The summed E-state index contributed by atoms with van der Waals surface area (Å²) >= 11 is 7.76. The molecule has 1 aliphatic rings. The summed E-state index contributed by atoms with van der Waals surface area (Å²) in [6.07, 6.45) is 2.48. The van der Waals surface area contributed by atoms with E-state index in [0.717, 1.165) is 17.5 Å². The smallest absolute Gasteiger partial charge is 0.243 e. The monoisotopic (exact) mass is 388 g/mol. The first kappa shape index (κ1) is 18.7. The molecule has 1 aliphatic heterocycles. The molecular formula is C20H21ClN2O2S. The van der Waals surface area contributed by atoms with Crippen molar-refractivity contribution in [2.45, 2.75) is 19.4 Å². The van der Waals surface area contributed by atoms with Crippen molar-refractivity contribution in [2.24, 2.45) is 0 Å². The number of rotatable bonds is 5. The average Bonchev–Trinajstić information content (AvgIpc) is 3.10. The third kappa shape index (κ3) is 3.84. The van der Waals surface area contributed by atoms with Crippen LogP contribution in [0, 0.1) is 0 Å². The van der Waals surface area contributed by atoms with Crippen molar-refractivity contribution in [3.63, 3.8) is 0 Å². The van der Waals surface area contributed by atoms with Crippen molar-refractivity contribution in [3.05, 3.63) is 69.4 Å². The first-order chi connectivity index (χ1) is 12.5. The molecule has 0 N–H and O–H groups in total. The second-order valence-electron chi connectivity index (χ2n) is 6.28. The molecule has 0 spiro atoms. The topological polar surface area (TPSA) is 40.6 Å². The van der Waals surface area contributed by atoms with Crippen LogP contribution in [0.3, 0.4) is 0 Å². The Hall–Kier alpha value is -2.11. The molecule has 2 amide bonds. The van der Waals surface area contributed by atoms with Gasteiger partial charge in [-0.05, 0) is 41.1 Å². The third-order valence-electron chi connectivity index (χ3n) is 4.59. The number of halogens is 1. The first-order valence-corrected chi connectivity index (χ1v) is 9.74. The average molecular weight is 389 g/mol. The summed E-state index contributed by atoms with van der Waals surface area (Å²) in [4.78, 5) is 29.5. The molecule has 136 valence electrons. The Bertz CT molecular complexity index is 815. The lowest BCUT2D eigenvalue weighted by Gasteiger charge is -2.37. The zero-order valence-corrected chi connectivity index (χ0v) is 16.2. The van der Waals surface area contributed by atoms with Crippen LogP contribution < -0.4 is 0 Å². The van der Waals surface area contributed by atoms with Crippen LogP contribution in [0.1, 0.15) is 29.0 Å². The highest BCUT2D eigenvalue weighted by atomic mass is 35.5. The standard InChI is InChI=1S/C20H21ClN2O2S/c1-3-10-22(14(2)24)13-19(25)23-11-8-18-17(9-12-26-18)20(23)15-4-6-16(21)7-5-15/h3-7,9,12,20H,1,8,10-11,13H2,2H3. The maximum absolute atomic E-state index is 13.0. The van der Waals surface area contributed by atoms with Crippen molar-refractivity contribution in [3.8, 4) is 0 Å². The summed E-state index contributed by atoms with van der Waals surface area (Å²) in [5.41, 5.74) is 2.19. The minimum Gasteiger partial charge on any atom is -0.330 e. The molecule has 6 heteroatoms. The normalized spacial score (nSPS) is 16.1. The summed E-state index contributed by atoms with van der Waals surface area (Å²) in [6, 6.07) is 9.57. The molecule has 1 atom stereocenters. The van der Waals surface area contributed by atoms with Crippen molar-refractivity contribution in [2.75, 3.05) is 19.6 Å². The van der Waals surface area contributed by atoms with E-state index in [4.69, 9.17) is 11.6 Å². The Balaban J connectivity index is 1.91.